The van der Waals surface area contributed by atoms with Gasteiger partial charge >= 0.3 is 0 Å². The van der Waals surface area contributed by atoms with Crippen molar-refractivity contribution in [3.8, 4) is 11.8 Å². The van der Waals surface area contributed by atoms with Crippen molar-refractivity contribution in [2.24, 2.45) is 0 Å². The van der Waals surface area contributed by atoms with Crippen LogP contribution in [0.3, 0.4) is 0 Å². The van der Waals surface area contributed by atoms with Crippen molar-refractivity contribution in [2.75, 3.05) is 7.11 Å². The molecule has 0 spiro atoms. The third kappa shape index (κ3) is 4.08. The first-order chi connectivity index (χ1) is 12.3. The maximum absolute atomic E-state index is 9.93. The molecule has 0 bridgehead atoms. The summed E-state index contributed by atoms with van der Waals surface area (Å²) in [4.78, 5) is 0. The summed E-state index contributed by atoms with van der Waals surface area (Å²) in [5.74, 6) is 0.690. The maximum Gasteiger partial charge on any atom is 0.118 e. The van der Waals surface area contributed by atoms with Crippen LogP contribution in [0.1, 0.15) is 28.5 Å². The van der Waals surface area contributed by atoms with Crippen LogP contribution in [0.2, 0.25) is 0 Å². The van der Waals surface area contributed by atoms with E-state index in [2.05, 4.69) is 30.3 Å². The molecule has 0 aromatic heterocycles. The van der Waals surface area contributed by atoms with Crippen molar-refractivity contribution in [2.45, 2.75) is 18.3 Å². The first-order valence-electron chi connectivity index (χ1n) is 8.44. The Morgan fingerprint density at radius 2 is 1.40 bits per heavy atom. The van der Waals surface area contributed by atoms with Crippen LogP contribution in [0.25, 0.3) is 0 Å². The zero-order chi connectivity index (χ0) is 17.5. The van der Waals surface area contributed by atoms with E-state index in [1.165, 1.54) is 11.1 Å². The lowest BCUT2D eigenvalue weighted by atomic mass is 9.78. The van der Waals surface area contributed by atoms with Crippen LogP contribution in [0.4, 0.5) is 0 Å². The van der Waals surface area contributed by atoms with Gasteiger partial charge in [-0.2, -0.15) is 5.26 Å². The van der Waals surface area contributed by atoms with Crippen LogP contribution >= 0.6 is 0 Å². The number of nitriles is 1. The van der Waals surface area contributed by atoms with Crippen molar-refractivity contribution in [1.29, 1.82) is 5.26 Å². The van der Waals surface area contributed by atoms with Crippen molar-refractivity contribution < 1.29 is 4.74 Å². The first kappa shape index (κ1) is 16.8. The van der Waals surface area contributed by atoms with Gasteiger partial charge in [0, 0.05) is 5.92 Å². The van der Waals surface area contributed by atoms with Gasteiger partial charge in [0.1, 0.15) is 5.75 Å². The smallest absolute Gasteiger partial charge is 0.118 e. The van der Waals surface area contributed by atoms with Crippen molar-refractivity contribution >= 4 is 0 Å². The lowest BCUT2D eigenvalue weighted by Crippen LogP contribution is -2.13. The summed E-state index contributed by atoms with van der Waals surface area (Å²) in [6, 6.07) is 31.0. The summed E-state index contributed by atoms with van der Waals surface area (Å²) in [5, 5.41) is 9.93. The molecule has 0 aliphatic carbocycles. The molecule has 3 aromatic carbocycles. The SMILES string of the molecule is COc1ccc(C(C#N)C(Cc2ccccc2)c2ccccc2)cc1. The Morgan fingerprint density at radius 3 is 1.96 bits per heavy atom. The molecule has 2 nitrogen and oxygen atoms in total. The number of ether oxygens (including phenoxy) is 1. The molecule has 124 valence electrons. The fourth-order valence-corrected chi connectivity index (χ4v) is 3.20. The van der Waals surface area contributed by atoms with Gasteiger partial charge in [-0.05, 0) is 35.2 Å². The number of methoxy groups -OCH3 is 1. The number of nitrogens with zero attached hydrogens (tertiary/aromatic N) is 1. The Balaban J connectivity index is 1.97. The van der Waals surface area contributed by atoms with E-state index >= 15 is 0 Å². The summed E-state index contributed by atoms with van der Waals surface area (Å²) < 4.78 is 5.24. The topological polar surface area (TPSA) is 33.0 Å². The fourth-order valence-electron chi connectivity index (χ4n) is 3.20. The first-order valence-corrected chi connectivity index (χ1v) is 8.44. The molecule has 0 saturated heterocycles. The molecule has 0 aliphatic rings. The predicted molar refractivity (Wildman–Crippen MR) is 101 cm³/mol. The zero-order valence-corrected chi connectivity index (χ0v) is 14.3. The summed E-state index contributed by atoms with van der Waals surface area (Å²) in [7, 11) is 1.65. The van der Waals surface area contributed by atoms with Crippen molar-refractivity contribution in [1.82, 2.24) is 0 Å². The van der Waals surface area contributed by atoms with Crippen LogP contribution in [-0.2, 0) is 6.42 Å². The van der Waals surface area contributed by atoms with Crippen molar-refractivity contribution in [3.05, 3.63) is 102 Å². The van der Waals surface area contributed by atoms with Crippen LogP contribution in [-0.4, -0.2) is 7.11 Å². The summed E-state index contributed by atoms with van der Waals surface area (Å²) in [6.07, 6.45) is 0.828. The summed E-state index contributed by atoms with van der Waals surface area (Å²) in [6.45, 7) is 0. The molecule has 25 heavy (non-hydrogen) atoms. The van der Waals surface area contributed by atoms with Gasteiger partial charge in [0.2, 0.25) is 0 Å². The van der Waals surface area contributed by atoms with E-state index in [9.17, 15) is 5.26 Å². The molecule has 3 aromatic rings. The van der Waals surface area contributed by atoms with E-state index in [-0.39, 0.29) is 11.8 Å². The lowest BCUT2D eigenvalue weighted by Gasteiger charge is -2.23. The second kappa shape index (κ2) is 8.17. The summed E-state index contributed by atoms with van der Waals surface area (Å²) in [5.41, 5.74) is 3.45. The highest BCUT2D eigenvalue weighted by Gasteiger charge is 2.25. The average Bonchev–Trinajstić information content (AvgIpc) is 2.70. The van der Waals surface area contributed by atoms with Gasteiger partial charge in [-0.3, -0.25) is 0 Å². The molecule has 2 atom stereocenters. The Bertz CT molecular complexity index is 819. The van der Waals surface area contributed by atoms with E-state index in [4.69, 9.17) is 4.74 Å². The molecular formula is C23H21NO. The third-order valence-electron chi connectivity index (χ3n) is 4.54. The lowest BCUT2D eigenvalue weighted by molar-refractivity contribution is 0.414. The highest BCUT2D eigenvalue weighted by atomic mass is 16.5. The minimum atomic E-state index is -0.214. The number of benzene rings is 3. The molecule has 0 N–H and O–H groups in total. The minimum absolute atomic E-state index is 0.0991. The van der Waals surface area contributed by atoms with E-state index in [1.54, 1.807) is 7.11 Å². The molecule has 2 unspecified atom stereocenters. The van der Waals surface area contributed by atoms with Crippen molar-refractivity contribution in [3.63, 3.8) is 0 Å². The molecule has 0 aliphatic heterocycles. The quantitative estimate of drug-likeness (QED) is 0.613. The Kier molecular flexibility index (Phi) is 5.49. The predicted octanol–water partition coefficient (Wildman–Crippen LogP) is 5.33. The van der Waals surface area contributed by atoms with Crippen LogP contribution in [0, 0.1) is 11.3 Å². The van der Waals surface area contributed by atoms with E-state index < -0.39 is 0 Å². The van der Waals surface area contributed by atoms with E-state index in [1.807, 2.05) is 60.7 Å². The van der Waals surface area contributed by atoms with Crippen LogP contribution in [0.15, 0.2) is 84.9 Å². The van der Waals surface area contributed by atoms with Gasteiger partial charge in [0.05, 0.1) is 19.1 Å². The Labute approximate surface area is 149 Å². The van der Waals surface area contributed by atoms with Crippen LogP contribution < -0.4 is 4.74 Å². The van der Waals surface area contributed by atoms with E-state index in [0.717, 1.165) is 17.7 Å². The highest BCUT2D eigenvalue weighted by molar-refractivity contribution is 5.37. The Morgan fingerprint density at radius 1 is 0.800 bits per heavy atom. The molecule has 0 saturated carbocycles. The number of rotatable bonds is 6. The number of hydrogen-bond donors (Lipinski definition) is 0. The van der Waals surface area contributed by atoms with Gasteiger partial charge in [-0.15, -0.1) is 0 Å². The second-order valence-corrected chi connectivity index (χ2v) is 6.09. The molecule has 2 heteroatoms. The van der Waals surface area contributed by atoms with E-state index in [0.29, 0.717) is 0 Å². The van der Waals surface area contributed by atoms with Gasteiger partial charge in [-0.25, -0.2) is 0 Å². The van der Waals surface area contributed by atoms with Gasteiger partial charge in [-0.1, -0.05) is 72.8 Å². The average molecular weight is 327 g/mol. The van der Waals surface area contributed by atoms with Gasteiger partial charge in [0.25, 0.3) is 0 Å². The standard InChI is InChI=1S/C23H21NO/c1-25-21-14-12-20(13-15-21)23(17-24)22(19-10-6-3-7-11-19)16-18-8-4-2-5-9-18/h2-15,22-23H,16H2,1H3. The molecule has 3 rings (SSSR count). The highest BCUT2D eigenvalue weighted by Crippen LogP contribution is 2.36. The van der Waals surface area contributed by atoms with Gasteiger partial charge < -0.3 is 4.74 Å². The maximum atomic E-state index is 9.93. The monoisotopic (exact) mass is 327 g/mol. The molecule has 0 heterocycles. The fraction of sp³-hybridized carbons (Fsp3) is 0.174. The zero-order valence-electron chi connectivity index (χ0n) is 14.3. The van der Waals surface area contributed by atoms with Crippen LogP contribution in [0.5, 0.6) is 5.75 Å². The molecule has 0 fully saturated rings. The normalized spacial score (nSPS) is 12.8. The van der Waals surface area contributed by atoms with Gasteiger partial charge in [0.15, 0.2) is 0 Å². The Hall–Kier alpha value is -3.05. The number of hydrogen-bond acceptors (Lipinski definition) is 2. The summed E-state index contributed by atoms with van der Waals surface area (Å²) >= 11 is 0. The molecule has 0 radical (unpaired) electrons. The minimum Gasteiger partial charge on any atom is -0.497 e. The second-order valence-electron chi connectivity index (χ2n) is 6.09. The molecular weight excluding hydrogens is 306 g/mol. The third-order valence-corrected chi connectivity index (χ3v) is 4.54. The molecule has 0 amide bonds. The largest absolute Gasteiger partial charge is 0.497 e.